The Hall–Kier alpha value is -5.61. The SMILES string of the molecule is O=C(c1cc([N+](=O)[O-])cc2c(=O)[nH]c(Nc3ccc(Cl)c(Cl)c3)nc12)c1cc([N+](=O)[O-])cc2c(=O)[nH]c(Nc3ccc(Cl)c(Cl)c3)nc12. The number of carbonyl (C=O) groups is 1. The number of aromatic nitrogens is 4. The van der Waals surface area contributed by atoms with E-state index in [1.807, 2.05) is 0 Å². The molecule has 0 atom stereocenters. The fourth-order valence-corrected chi connectivity index (χ4v) is 5.29. The van der Waals surface area contributed by atoms with Crippen LogP contribution in [0, 0.1) is 20.2 Å². The minimum atomic E-state index is -1.06. The Labute approximate surface area is 285 Å². The first kappa shape index (κ1) is 32.3. The lowest BCUT2D eigenvalue weighted by Gasteiger charge is -2.12. The normalized spacial score (nSPS) is 11.1. The van der Waals surface area contributed by atoms with Crippen LogP contribution in [0.5, 0.6) is 0 Å². The average molecular weight is 728 g/mol. The first-order chi connectivity index (χ1) is 22.8. The van der Waals surface area contributed by atoms with Crippen LogP contribution in [0.3, 0.4) is 0 Å². The van der Waals surface area contributed by atoms with Gasteiger partial charge in [-0.3, -0.25) is 44.6 Å². The van der Waals surface area contributed by atoms with Gasteiger partial charge in [-0.1, -0.05) is 46.4 Å². The van der Waals surface area contributed by atoms with Crippen molar-refractivity contribution in [3.63, 3.8) is 0 Å². The molecule has 4 aromatic carbocycles. The van der Waals surface area contributed by atoms with Crippen LogP contribution in [0.25, 0.3) is 21.8 Å². The van der Waals surface area contributed by atoms with Crippen LogP contribution < -0.4 is 21.8 Å². The molecule has 0 unspecified atom stereocenters. The van der Waals surface area contributed by atoms with Gasteiger partial charge in [0.1, 0.15) is 0 Å². The van der Waals surface area contributed by atoms with Gasteiger partial charge in [0.05, 0.1) is 62.9 Å². The van der Waals surface area contributed by atoms with E-state index in [1.165, 1.54) is 36.4 Å². The van der Waals surface area contributed by atoms with Crippen molar-refractivity contribution >= 4 is 109 Å². The van der Waals surface area contributed by atoms with E-state index in [-0.39, 0.29) is 53.8 Å². The van der Waals surface area contributed by atoms with Crippen LogP contribution >= 0.6 is 46.4 Å². The van der Waals surface area contributed by atoms with E-state index in [2.05, 4.69) is 30.6 Å². The molecule has 15 nitrogen and oxygen atoms in total. The van der Waals surface area contributed by atoms with E-state index in [4.69, 9.17) is 46.4 Å². The van der Waals surface area contributed by atoms with Gasteiger partial charge in [-0.15, -0.1) is 0 Å². The van der Waals surface area contributed by atoms with E-state index in [0.717, 1.165) is 24.3 Å². The summed E-state index contributed by atoms with van der Waals surface area (Å²) in [4.78, 5) is 76.2. The number of rotatable bonds is 8. The minimum absolute atomic E-state index is 0.180. The van der Waals surface area contributed by atoms with Crippen molar-refractivity contribution in [3.8, 4) is 0 Å². The average Bonchev–Trinajstić information content (AvgIpc) is 3.03. The highest BCUT2D eigenvalue weighted by Crippen LogP contribution is 2.32. The highest BCUT2D eigenvalue weighted by atomic mass is 35.5. The van der Waals surface area contributed by atoms with Gasteiger partial charge in [0.15, 0.2) is 5.78 Å². The van der Waals surface area contributed by atoms with Crippen LogP contribution in [0.2, 0.25) is 20.1 Å². The lowest BCUT2D eigenvalue weighted by Crippen LogP contribution is -2.16. The van der Waals surface area contributed by atoms with Gasteiger partial charge in [-0.05, 0) is 36.4 Å². The van der Waals surface area contributed by atoms with Gasteiger partial charge in [0, 0.05) is 35.6 Å². The summed E-state index contributed by atoms with van der Waals surface area (Å²) >= 11 is 24.1. The van der Waals surface area contributed by atoms with Crippen molar-refractivity contribution in [2.75, 3.05) is 10.6 Å². The molecule has 0 saturated heterocycles. The molecule has 2 heterocycles. The molecule has 0 saturated carbocycles. The number of hydrogen-bond acceptors (Lipinski definition) is 11. The number of nitrogens with one attached hydrogen (secondary N) is 4. The minimum Gasteiger partial charge on any atom is -0.326 e. The van der Waals surface area contributed by atoms with Crippen LogP contribution in [0.4, 0.5) is 34.6 Å². The molecule has 0 spiro atoms. The van der Waals surface area contributed by atoms with E-state index in [1.54, 1.807) is 0 Å². The van der Waals surface area contributed by atoms with Crippen LogP contribution in [-0.2, 0) is 0 Å². The first-order valence-corrected chi connectivity index (χ1v) is 14.7. The number of nitrogens with zero attached hydrogens (tertiary/aromatic N) is 4. The highest BCUT2D eigenvalue weighted by Gasteiger charge is 2.26. The summed E-state index contributed by atoms with van der Waals surface area (Å²) < 4.78 is 0. The number of halogens is 4. The van der Waals surface area contributed by atoms with Crippen molar-refractivity contribution in [2.24, 2.45) is 0 Å². The molecule has 4 N–H and O–H groups in total. The molecule has 0 bridgehead atoms. The number of carbonyl (C=O) groups excluding carboxylic acids is 1. The Morgan fingerprint density at radius 1 is 0.625 bits per heavy atom. The molecule has 6 rings (SSSR count). The van der Waals surface area contributed by atoms with E-state index in [0.29, 0.717) is 11.4 Å². The summed E-state index contributed by atoms with van der Waals surface area (Å²) in [5.74, 6) is -1.42. The Bertz CT molecular complexity index is 2330. The Kier molecular flexibility index (Phi) is 8.45. The molecule has 0 aliphatic carbocycles. The molecule has 0 aliphatic rings. The van der Waals surface area contributed by atoms with Crippen LogP contribution in [-0.4, -0.2) is 35.6 Å². The number of fused-ring (bicyclic) bond motifs is 2. The Balaban J connectivity index is 1.56. The largest absolute Gasteiger partial charge is 0.326 e. The third kappa shape index (κ3) is 6.22. The van der Waals surface area contributed by atoms with Crippen molar-refractivity contribution < 1.29 is 14.6 Å². The van der Waals surface area contributed by atoms with E-state index in [9.17, 15) is 34.6 Å². The predicted octanol–water partition coefficient (Wildman–Crippen LogP) is 7.31. The van der Waals surface area contributed by atoms with Crippen molar-refractivity contribution in [3.05, 3.63) is 133 Å². The molecular formula is C29H14Cl4N8O7. The second-order valence-corrected chi connectivity index (χ2v) is 11.6. The van der Waals surface area contributed by atoms with E-state index >= 15 is 0 Å². The summed E-state index contributed by atoms with van der Waals surface area (Å²) in [6.07, 6.45) is 0. The standard InChI is InChI=1S/C29H14Cl4N8O7/c30-19-3-1-11(5-21(19)32)34-28-36-23-15(7-13(40(45)46)9-17(23)26(43)38-28)25(42)16-8-14(41(47)48)10-18-24(16)37-29(39-27(18)44)35-12-2-4-20(31)22(33)6-12/h1-10H,(H2,34,36,38,43)(H2,35,37,39,44). The fourth-order valence-electron chi connectivity index (χ4n) is 4.70. The monoisotopic (exact) mass is 726 g/mol. The summed E-state index contributed by atoms with van der Waals surface area (Å²) in [6, 6.07) is 12.5. The first-order valence-electron chi connectivity index (χ1n) is 13.2. The van der Waals surface area contributed by atoms with Crippen molar-refractivity contribution in [1.29, 1.82) is 0 Å². The predicted molar refractivity (Wildman–Crippen MR) is 181 cm³/mol. The molecule has 48 heavy (non-hydrogen) atoms. The molecule has 19 heteroatoms. The Morgan fingerprint density at radius 3 is 1.38 bits per heavy atom. The summed E-state index contributed by atoms with van der Waals surface area (Å²) in [5, 5.41) is 29.6. The maximum absolute atomic E-state index is 14.3. The number of hydrogen-bond donors (Lipinski definition) is 4. The van der Waals surface area contributed by atoms with Gasteiger partial charge in [-0.25, -0.2) is 9.97 Å². The third-order valence-corrected chi connectivity index (χ3v) is 8.34. The molecule has 0 aliphatic heterocycles. The number of aromatic amines is 2. The summed E-state index contributed by atoms with van der Waals surface area (Å²) in [7, 11) is 0. The Morgan fingerprint density at radius 2 is 1.02 bits per heavy atom. The topological polar surface area (TPSA) is 219 Å². The lowest BCUT2D eigenvalue weighted by molar-refractivity contribution is -0.384. The second kappa shape index (κ2) is 12.5. The number of ketones is 1. The van der Waals surface area contributed by atoms with E-state index < -0.39 is 49.3 Å². The second-order valence-electron chi connectivity index (χ2n) is 9.96. The van der Waals surface area contributed by atoms with Crippen LogP contribution in [0.1, 0.15) is 15.9 Å². The molecule has 2 aromatic heterocycles. The van der Waals surface area contributed by atoms with Gasteiger partial charge in [-0.2, -0.15) is 0 Å². The third-order valence-electron chi connectivity index (χ3n) is 6.87. The maximum atomic E-state index is 14.3. The number of H-pyrrole nitrogens is 2. The number of nitro benzene ring substituents is 2. The molecule has 0 amide bonds. The quantitative estimate of drug-likeness (QED) is 0.0692. The van der Waals surface area contributed by atoms with Gasteiger partial charge in [0.2, 0.25) is 11.9 Å². The van der Waals surface area contributed by atoms with Crippen LogP contribution in [0.15, 0.2) is 70.3 Å². The number of non-ortho nitro benzene ring substituents is 2. The molecule has 6 aromatic rings. The number of benzene rings is 4. The number of nitro groups is 2. The summed E-state index contributed by atoms with van der Waals surface area (Å²) in [5.41, 5.74) is -3.87. The molecule has 240 valence electrons. The molecule has 0 radical (unpaired) electrons. The highest BCUT2D eigenvalue weighted by molar-refractivity contribution is 6.42. The number of anilines is 4. The zero-order valence-electron chi connectivity index (χ0n) is 23.4. The summed E-state index contributed by atoms with van der Waals surface area (Å²) in [6.45, 7) is 0. The zero-order valence-corrected chi connectivity index (χ0v) is 26.5. The molecular weight excluding hydrogens is 714 g/mol. The van der Waals surface area contributed by atoms with Gasteiger partial charge < -0.3 is 10.6 Å². The lowest BCUT2D eigenvalue weighted by atomic mass is 9.97. The van der Waals surface area contributed by atoms with Gasteiger partial charge >= 0.3 is 0 Å². The van der Waals surface area contributed by atoms with Crippen molar-refractivity contribution in [2.45, 2.75) is 0 Å². The smallest absolute Gasteiger partial charge is 0.271 e. The van der Waals surface area contributed by atoms with Crippen molar-refractivity contribution in [1.82, 2.24) is 19.9 Å². The maximum Gasteiger partial charge on any atom is 0.271 e. The zero-order chi connectivity index (χ0) is 34.4. The van der Waals surface area contributed by atoms with Gasteiger partial charge in [0.25, 0.3) is 22.5 Å². The fraction of sp³-hybridized carbons (Fsp3) is 0. The molecule has 0 fully saturated rings.